The SMILES string of the molecule is O=C(C[C@@H]1N=C2c3ccccc3N=C(SCc3ccc(Cl)cc3)N2C1=O)NCc1ccccc1. The number of rotatable bonds is 6. The van der Waals surface area contributed by atoms with E-state index in [0.717, 1.165) is 22.4 Å². The van der Waals surface area contributed by atoms with Crippen molar-refractivity contribution in [3.8, 4) is 0 Å². The van der Waals surface area contributed by atoms with Crippen molar-refractivity contribution >= 4 is 51.9 Å². The number of amidine groups is 2. The molecule has 170 valence electrons. The molecule has 2 amide bonds. The fourth-order valence-corrected chi connectivity index (χ4v) is 4.89. The van der Waals surface area contributed by atoms with Gasteiger partial charge in [-0.25, -0.2) is 9.89 Å². The lowest BCUT2D eigenvalue weighted by atomic mass is 10.1. The topological polar surface area (TPSA) is 74.1 Å². The van der Waals surface area contributed by atoms with Crippen molar-refractivity contribution in [1.82, 2.24) is 10.2 Å². The Balaban J connectivity index is 1.33. The molecule has 0 radical (unpaired) electrons. The molecule has 0 spiro atoms. The molecule has 6 nitrogen and oxygen atoms in total. The van der Waals surface area contributed by atoms with Crippen LogP contribution in [-0.2, 0) is 21.9 Å². The molecule has 8 heteroatoms. The fourth-order valence-electron chi connectivity index (χ4n) is 3.80. The van der Waals surface area contributed by atoms with Crippen LogP contribution in [-0.4, -0.2) is 33.8 Å². The van der Waals surface area contributed by atoms with Crippen molar-refractivity contribution in [2.75, 3.05) is 0 Å². The lowest BCUT2D eigenvalue weighted by Crippen LogP contribution is -2.42. The number of nitrogens with zero attached hydrogens (tertiary/aromatic N) is 3. The van der Waals surface area contributed by atoms with E-state index >= 15 is 0 Å². The molecule has 0 saturated heterocycles. The van der Waals surface area contributed by atoms with Crippen molar-refractivity contribution in [2.45, 2.75) is 24.8 Å². The monoisotopic (exact) mass is 488 g/mol. The van der Waals surface area contributed by atoms with Crippen LogP contribution in [0.3, 0.4) is 0 Å². The average molecular weight is 489 g/mol. The van der Waals surface area contributed by atoms with E-state index in [1.165, 1.54) is 11.8 Å². The van der Waals surface area contributed by atoms with E-state index in [0.29, 0.717) is 28.3 Å². The minimum absolute atomic E-state index is 0.0109. The molecule has 0 aromatic heterocycles. The van der Waals surface area contributed by atoms with Gasteiger partial charge >= 0.3 is 0 Å². The van der Waals surface area contributed by atoms with E-state index in [2.05, 4.69) is 10.3 Å². The number of nitrogens with one attached hydrogen (secondary N) is 1. The Kier molecular flexibility index (Phi) is 6.47. The fraction of sp³-hybridized carbons (Fsp3) is 0.154. The number of hydrogen-bond donors (Lipinski definition) is 1. The Morgan fingerprint density at radius 2 is 1.71 bits per heavy atom. The lowest BCUT2D eigenvalue weighted by Gasteiger charge is -2.25. The van der Waals surface area contributed by atoms with E-state index < -0.39 is 6.04 Å². The number of fused-ring (bicyclic) bond motifs is 3. The zero-order chi connectivity index (χ0) is 23.5. The molecule has 1 N–H and O–H groups in total. The van der Waals surface area contributed by atoms with Gasteiger partial charge in [0, 0.05) is 22.9 Å². The number of hydrogen-bond acceptors (Lipinski definition) is 5. The Morgan fingerprint density at radius 1 is 0.971 bits per heavy atom. The van der Waals surface area contributed by atoms with E-state index in [1.807, 2.05) is 78.9 Å². The van der Waals surface area contributed by atoms with Gasteiger partial charge < -0.3 is 5.32 Å². The van der Waals surface area contributed by atoms with Gasteiger partial charge in [-0.15, -0.1) is 0 Å². The van der Waals surface area contributed by atoms with Gasteiger partial charge in [0.2, 0.25) is 5.91 Å². The highest BCUT2D eigenvalue weighted by molar-refractivity contribution is 8.13. The summed E-state index contributed by atoms with van der Waals surface area (Å²) in [7, 11) is 0. The normalized spacial score (nSPS) is 16.4. The maximum atomic E-state index is 13.3. The van der Waals surface area contributed by atoms with Crippen LogP contribution in [0.4, 0.5) is 5.69 Å². The Hall–Kier alpha value is -3.42. The van der Waals surface area contributed by atoms with Gasteiger partial charge in [-0.2, -0.15) is 0 Å². The number of benzene rings is 3. The van der Waals surface area contributed by atoms with Gasteiger partial charge in [-0.3, -0.25) is 14.6 Å². The summed E-state index contributed by atoms with van der Waals surface area (Å²) in [6.07, 6.45) is -0.0109. The summed E-state index contributed by atoms with van der Waals surface area (Å²) in [5.41, 5.74) is 3.62. The predicted octanol–water partition coefficient (Wildman–Crippen LogP) is 4.94. The molecule has 3 aromatic rings. The first-order valence-corrected chi connectivity index (χ1v) is 12.2. The van der Waals surface area contributed by atoms with E-state index in [4.69, 9.17) is 16.6 Å². The van der Waals surface area contributed by atoms with Gasteiger partial charge in [0.1, 0.15) is 11.9 Å². The molecule has 0 bridgehead atoms. The molecule has 0 fully saturated rings. The molecule has 0 saturated carbocycles. The van der Waals surface area contributed by atoms with Gasteiger partial charge in [-0.1, -0.05) is 78.0 Å². The first-order chi connectivity index (χ1) is 16.6. The number of carbonyl (C=O) groups excluding carboxylic acids is 2. The number of carbonyl (C=O) groups is 2. The van der Waals surface area contributed by atoms with Crippen molar-refractivity contribution < 1.29 is 9.59 Å². The van der Waals surface area contributed by atoms with Crippen LogP contribution in [0.15, 0.2) is 88.8 Å². The smallest absolute Gasteiger partial charge is 0.259 e. The van der Waals surface area contributed by atoms with Gasteiger partial charge in [0.15, 0.2) is 5.17 Å². The molecule has 0 unspecified atom stereocenters. The maximum Gasteiger partial charge on any atom is 0.259 e. The largest absolute Gasteiger partial charge is 0.352 e. The standard InChI is InChI=1S/C26H21ClN4O2S/c27-19-12-10-18(11-13-19)16-34-26-30-21-9-5-4-8-20(21)24-29-22(25(33)31(24)26)14-23(32)28-15-17-6-2-1-3-7-17/h1-13,22H,14-16H2,(H,28,32)/t22-/m0/s1. The Labute approximate surface area is 206 Å². The summed E-state index contributed by atoms with van der Waals surface area (Å²) in [5, 5.41) is 4.12. The molecule has 3 aromatic carbocycles. The summed E-state index contributed by atoms with van der Waals surface area (Å²) in [6, 6.07) is 24.1. The highest BCUT2D eigenvalue weighted by atomic mass is 35.5. The summed E-state index contributed by atoms with van der Waals surface area (Å²) < 4.78 is 0. The van der Waals surface area contributed by atoms with Crippen LogP contribution in [0, 0.1) is 0 Å². The summed E-state index contributed by atoms with van der Waals surface area (Å²) in [5.74, 6) is 0.723. The average Bonchev–Trinajstić information content (AvgIpc) is 3.19. The highest BCUT2D eigenvalue weighted by Gasteiger charge is 2.42. The molecular formula is C26H21ClN4O2S. The zero-order valence-corrected chi connectivity index (χ0v) is 19.7. The molecule has 2 aliphatic heterocycles. The third-order valence-electron chi connectivity index (χ3n) is 5.54. The third kappa shape index (κ3) is 4.76. The van der Waals surface area contributed by atoms with Crippen LogP contribution in [0.1, 0.15) is 23.1 Å². The predicted molar refractivity (Wildman–Crippen MR) is 136 cm³/mol. The summed E-state index contributed by atoms with van der Waals surface area (Å²) in [6.45, 7) is 0.410. The van der Waals surface area contributed by atoms with Gasteiger partial charge in [0.05, 0.1) is 12.1 Å². The lowest BCUT2D eigenvalue weighted by molar-refractivity contribution is -0.128. The van der Waals surface area contributed by atoms with Crippen LogP contribution in [0.5, 0.6) is 0 Å². The van der Waals surface area contributed by atoms with E-state index in [-0.39, 0.29) is 18.2 Å². The second-order valence-electron chi connectivity index (χ2n) is 7.94. The third-order valence-corrected chi connectivity index (χ3v) is 6.80. The van der Waals surface area contributed by atoms with Crippen molar-refractivity contribution in [2.24, 2.45) is 9.98 Å². The van der Waals surface area contributed by atoms with Crippen molar-refractivity contribution in [3.05, 3.63) is 101 Å². The van der Waals surface area contributed by atoms with Gasteiger partial charge in [-0.05, 0) is 35.4 Å². The molecule has 34 heavy (non-hydrogen) atoms. The highest BCUT2D eigenvalue weighted by Crippen LogP contribution is 2.35. The first kappa shape index (κ1) is 22.4. The van der Waals surface area contributed by atoms with Crippen LogP contribution < -0.4 is 5.32 Å². The number of amides is 2. The quantitative estimate of drug-likeness (QED) is 0.534. The molecule has 2 heterocycles. The second kappa shape index (κ2) is 9.83. The Morgan fingerprint density at radius 3 is 2.50 bits per heavy atom. The minimum Gasteiger partial charge on any atom is -0.352 e. The molecule has 2 aliphatic rings. The number of aliphatic imine (C=N–C) groups is 2. The van der Waals surface area contributed by atoms with E-state index in [9.17, 15) is 9.59 Å². The number of para-hydroxylation sites is 1. The maximum absolute atomic E-state index is 13.3. The summed E-state index contributed by atoms with van der Waals surface area (Å²) in [4.78, 5) is 36.9. The zero-order valence-electron chi connectivity index (χ0n) is 18.1. The number of halogens is 1. The number of thioether (sulfide) groups is 1. The molecule has 5 rings (SSSR count). The molecule has 0 aliphatic carbocycles. The van der Waals surface area contributed by atoms with Crippen LogP contribution in [0.25, 0.3) is 0 Å². The minimum atomic E-state index is -0.779. The van der Waals surface area contributed by atoms with Crippen molar-refractivity contribution in [1.29, 1.82) is 0 Å². The first-order valence-electron chi connectivity index (χ1n) is 10.9. The van der Waals surface area contributed by atoms with Crippen LogP contribution >= 0.6 is 23.4 Å². The Bertz CT molecular complexity index is 1290. The van der Waals surface area contributed by atoms with Gasteiger partial charge in [0.25, 0.3) is 5.91 Å². The molecule has 1 atom stereocenters. The van der Waals surface area contributed by atoms with Crippen molar-refractivity contribution in [3.63, 3.8) is 0 Å². The summed E-state index contributed by atoms with van der Waals surface area (Å²) >= 11 is 7.45. The van der Waals surface area contributed by atoms with E-state index in [1.54, 1.807) is 4.90 Å². The molecular weight excluding hydrogens is 468 g/mol. The van der Waals surface area contributed by atoms with Crippen LogP contribution in [0.2, 0.25) is 5.02 Å². The second-order valence-corrected chi connectivity index (χ2v) is 9.31.